The molecule has 0 unspecified atom stereocenters. The number of aliphatic hydroxyl groups is 1. The van der Waals surface area contributed by atoms with Gasteiger partial charge in [-0.15, -0.1) is 0 Å². The Labute approximate surface area is 70.9 Å². The van der Waals surface area contributed by atoms with E-state index in [1.807, 2.05) is 0 Å². The SMILES string of the molecule is C[C@@H](O)Cc1cccc(O)c1O. The fourth-order valence-corrected chi connectivity index (χ4v) is 1.06. The Morgan fingerprint density at radius 1 is 1.33 bits per heavy atom. The van der Waals surface area contributed by atoms with E-state index in [1.54, 1.807) is 19.1 Å². The lowest BCUT2D eigenvalue weighted by molar-refractivity contribution is 0.194. The highest BCUT2D eigenvalue weighted by molar-refractivity contribution is 5.44. The predicted molar refractivity (Wildman–Crippen MR) is 45.2 cm³/mol. The maximum absolute atomic E-state index is 9.29. The van der Waals surface area contributed by atoms with Gasteiger partial charge in [-0.2, -0.15) is 0 Å². The second-order valence-electron chi connectivity index (χ2n) is 2.84. The molecule has 0 aliphatic carbocycles. The van der Waals surface area contributed by atoms with Gasteiger partial charge < -0.3 is 15.3 Å². The lowest BCUT2D eigenvalue weighted by Crippen LogP contribution is -2.03. The van der Waals surface area contributed by atoms with E-state index < -0.39 is 6.10 Å². The van der Waals surface area contributed by atoms with Gasteiger partial charge in [0.15, 0.2) is 11.5 Å². The van der Waals surface area contributed by atoms with Crippen molar-refractivity contribution in [1.82, 2.24) is 0 Å². The van der Waals surface area contributed by atoms with E-state index in [9.17, 15) is 5.11 Å². The minimum atomic E-state index is -0.516. The van der Waals surface area contributed by atoms with Crippen LogP contribution in [0.1, 0.15) is 12.5 Å². The molecule has 0 amide bonds. The van der Waals surface area contributed by atoms with Crippen LogP contribution >= 0.6 is 0 Å². The predicted octanol–water partition coefficient (Wildman–Crippen LogP) is 1.02. The summed E-state index contributed by atoms with van der Waals surface area (Å²) in [6.45, 7) is 1.63. The zero-order valence-electron chi connectivity index (χ0n) is 6.86. The molecule has 0 bridgehead atoms. The second-order valence-corrected chi connectivity index (χ2v) is 2.84. The number of para-hydroxylation sites is 1. The van der Waals surface area contributed by atoms with Crippen molar-refractivity contribution in [2.24, 2.45) is 0 Å². The zero-order valence-corrected chi connectivity index (χ0v) is 6.86. The highest BCUT2D eigenvalue weighted by Crippen LogP contribution is 2.28. The summed E-state index contributed by atoms with van der Waals surface area (Å²) in [6.07, 6.45) is -0.169. The average molecular weight is 168 g/mol. The first-order valence-electron chi connectivity index (χ1n) is 3.79. The molecule has 1 rings (SSSR count). The summed E-state index contributed by atoms with van der Waals surface area (Å²) < 4.78 is 0. The molecule has 3 heteroatoms. The topological polar surface area (TPSA) is 60.7 Å². The number of phenols is 2. The molecular formula is C9H12O3. The van der Waals surface area contributed by atoms with Gasteiger partial charge in [-0.1, -0.05) is 12.1 Å². The summed E-state index contributed by atoms with van der Waals surface area (Å²) in [5, 5.41) is 27.4. The van der Waals surface area contributed by atoms with E-state index in [1.165, 1.54) is 6.07 Å². The summed E-state index contributed by atoms with van der Waals surface area (Å²) >= 11 is 0. The van der Waals surface area contributed by atoms with Crippen LogP contribution in [0.3, 0.4) is 0 Å². The largest absolute Gasteiger partial charge is 0.504 e. The van der Waals surface area contributed by atoms with E-state index >= 15 is 0 Å². The molecule has 12 heavy (non-hydrogen) atoms. The summed E-state index contributed by atoms with van der Waals surface area (Å²) in [4.78, 5) is 0. The Morgan fingerprint density at radius 3 is 2.58 bits per heavy atom. The fourth-order valence-electron chi connectivity index (χ4n) is 1.06. The van der Waals surface area contributed by atoms with Crippen LogP contribution in [0, 0.1) is 0 Å². The van der Waals surface area contributed by atoms with Crippen molar-refractivity contribution < 1.29 is 15.3 Å². The number of benzene rings is 1. The van der Waals surface area contributed by atoms with Crippen molar-refractivity contribution in [3.05, 3.63) is 23.8 Å². The van der Waals surface area contributed by atoms with E-state index in [4.69, 9.17) is 10.2 Å². The molecule has 0 radical (unpaired) electrons. The van der Waals surface area contributed by atoms with Crippen LogP contribution in [-0.2, 0) is 6.42 Å². The average Bonchev–Trinajstić information content (AvgIpc) is 1.98. The smallest absolute Gasteiger partial charge is 0.160 e. The van der Waals surface area contributed by atoms with Crippen molar-refractivity contribution in [2.45, 2.75) is 19.4 Å². The number of rotatable bonds is 2. The Balaban J connectivity index is 2.92. The molecule has 0 aliphatic rings. The monoisotopic (exact) mass is 168 g/mol. The van der Waals surface area contributed by atoms with Gasteiger partial charge in [-0.3, -0.25) is 0 Å². The summed E-state index contributed by atoms with van der Waals surface area (Å²) in [7, 11) is 0. The molecule has 66 valence electrons. The normalized spacial score (nSPS) is 12.8. The minimum absolute atomic E-state index is 0.140. The van der Waals surface area contributed by atoms with Crippen LogP contribution in [0.2, 0.25) is 0 Å². The molecule has 1 atom stereocenters. The highest BCUT2D eigenvalue weighted by Gasteiger charge is 2.07. The molecule has 0 spiro atoms. The Kier molecular flexibility index (Phi) is 2.55. The van der Waals surface area contributed by atoms with Gasteiger partial charge in [0.2, 0.25) is 0 Å². The van der Waals surface area contributed by atoms with Crippen molar-refractivity contribution >= 4 is 0 Å². The molecule has 0 saturated heterocycles. The number of hydrogen-bond acceptors (Lipinski definition) is 3. The van der Waals surface area contributed by atoms with Gasteiger partial charge in [0.05, 0.1) is 6.10 Å². The first kappa shape index (κ1) is 8.87. The van der Waals surface area contributed by atoms with Gasteiger partial charge in [-0.05, 0) is 13.0 Å². The van der Waals surface area contributed by atoms with Crippen LogP contribution < -0.4 is 0 Å². The molecule has 3 nitrogen and oxygen atoms in total. The molecule has 0 aliphatic heterocycles. The van der Waals surface area contributed by atoms with E-state index in [0.717, 1.165) is 0 Å². The first-order valence-corrected chi connectivity index (χ1v) is 3.79. The van der Waals surface area contributed by atoms with Gasteiger partial charge in [0.1, 0.15) is 0 Å². The van der Waals surface area contributed by atoms with E-state index in [2.05, 4.69) is 0 Å². The summed E-state index contributed by atoms with van der Waals surface area (Å²) in [5.41, 5.74) is 0.560. The molecule has 1 aromatic carbocycles. The third-order valence-electron chi connectivity index (χ3n) is 1.61. The zero-order chi connectivity index (χ0) is 9.14. The number of hydrogen-bond donors (Lipinski definition) is 3. The van der Waals surface area contributed by atoms with Crippen LogP contribution in [-0.4, -0.2) is 21.4 Å². The van der Waals surface area contributed by atoms with Gasteiger partial charge in [0.25, 0.3) is 0 Å². The van der Waals surface area contributed by atoms with Gasteiger partial charge in [-0.25, -0.2) is 0 Å². The first-order chi connectivity index (χ1) is 5.61. The molecule has 0 saturated carbocycles. The molecule has 0 fully saturated rings. The van der Waals surface area contributed by atoms with Crippen molar-refractivity contribution in [3.8, 4) is 11.5 Å². The summed E-state index contributed by atoms with van der Waals surface area (Å²) in [5.74, 6) is -0.286. The Bertz CT molecular complexity index is 268. The molecule has 0 heterocycles. The van der Waals surface area contributed by atoms with Crippen LogP contribution in [0.15, 0.2) is 18.2 Å². The standard InChI is InChI=1S/C9H12O3/c1-6(10)5-7-3-2-4-8(11)9(7)12/h2-4,6,10-12H,5H2,1H3/t6-/m1/s1. The van der Waals surface area contributed by atoms with Gasteiger partial charge >= 0.3 is 0 Å². The lowest BCUT2D eigenvalue weighted by atomic mass is 10.1. The van der Waals surface area contributed by atoms with E-state index in [-0.39, 0.29) is 11.5 Å². The molecule has 1 aromatic rings. The second kappa shape index (κ2) is 3.45. The van der Waals surface area contributed by atoms with Crippen molar-refractivity contribution in [1.29, 1.82) is 0 Å². The van der Waals surface area contributed by atoms with Crippen LogP contribution in [0.4, 0.5) is 0 Å². The lowest BCUT2D eigenvalue weighted by Gasteiger charge is -2.07. The molecular weight excluding hydrogens is 156 g/mol. The van der Waals surface area contributed by atoms with Crippen molar-refractivity contribution in [2.75, 3.05) is 0 Å². The van der Waals surface area contributed by atoms with Crippen molar-refractivity contribution in [3.63, 3.8) is 0 Å². The number of aliphatic hydroxyl groups excluding tert-OH is 1. The van der Waals surface area contributed by atoms with E-state index in [0.29, 0.717) is 12.0 Å². The maximum atomic E-state index is 9.29. The van der Waals surface area contributed by atoms with Crippen LogP contribution in [0.5, 0.6) is 11.5 Å². The molecule has 3 N–H and O–H groups in total. The minimum Gasteiger partial charge on any atom is -0.504 e. The Morgan fingerprint density at radius 2 is 2.00 bits per heavy atom. The highest BCUT2D eigenvalue weighted by atomic mass is 16.3. The fraction of sp³-hybridized carbons (Fsp3) is 0.333. The third-order valence-corrected chi connectivity index (χ3v) is 1.61. The molecule has 0 aromatic heterocycles. The third kappa shape index (κ3) is 1.89. The summed E-state index contributed by atoms with van der Waals surface area (Å²) in [6, 6.07) is 4.70. The number of phenolic OH excluding ortho intramolecular Hbond substituents is 2. The van der Waals surface area contributed by atoms with Crippen LogP contribution in [0.25, 0.3) is 0 Å². The van der Waals surface area contributed by atoms with Gasteiger partial charge in [0, 0.05) is 12.0 Å². The maximum Gasteiger partial charge on any atom is 0.160 e. The number of aromatic hydroxyl groups is 2. The Hall–Kier alpha value is -1.22. The quantitative estimate of drug-likeness (QED) is 0.578.